The maximum Gasteiger partial charge on any atom is 0.273 e. The van der Waals surface area contributed by atoms with Crippen molar-refractivity contribution in [1.82, 2.24) is 19.5 Å². The summed E-state index contributed by atoms with van der Waals surface area (Å²) in [5.74, 6) is -0.0219. The zero-order valence-electron chi connectivity index (χ0n) is 17.3. The number of carbonyl (C=O) groups excluding carboxylic acids is 1. The molecule has 2 aromatic carbocycles. The molecular formula is C24H26N4O2. The highest BCUT2D eigenvalue weighted by Crippen LogP contribution is 2.26. The van der Waals surface area contributed by atoms with Crippen molar-refractivity contribution in [2.45, 2.75) is 39.2 Å². The van der Waals surface area contributed by atoms with E-state index in [1.54, 1.807) is 0 Å². The SMILES string of the molecule is CCC(C(=O)NCCCc1ccccc1)n1c2ccccc2c2nc(=O)cc(C)n21. The first-order chi connectivity index (χ1) is 14.6. The molecule has 2 heterocycles. The van der Waals surface area contributed by atoms with Gasteiger partial charge in [-0.05, 0) is 43.9 Å². The smallest absolute Gasteiger partial charge is 0.273 e. The fraction of sp³-hybridized carbons (Fsp3) is 0.292. The lowest BCUT2D eigenvalue weighted by Gasteiger charge is -2.20. The molecule has 1 N–H and O–H groups in total. The van der Waals surface area contributed by atoms with Gasteiger partial charge in [-0.3, -0.25) is 14.3 Å². The lowest BCUT2D eigenvalue weighted by Crippen LogP contribution is -2.35. The standard InChI is InChI=1S/C24H26N4O2/c1-3-20(24(30)25-15-9-12-18-10-5-4-6-11-18)28-21-14-8-7-13-19(21)23-26-22(29)16-17(2)27(23)28/h4-8,10-11,13-14,16,20H,3,9,12,15H2,1-2H3,(H,25,30). The van der Waals surface area contributed by atoms with E-state index in [2.05, 4.69) is 22.4 Å². The summed E-state index contributed by atoms with van der Waals surface area (Å²) in [6.45, 7) is 4.49. The second-order valence-electron chi connectivity index (χ2n) is 7.54. The normalized spacial score (nSPS) is 12.3. The minimum absolute atomic E-state index is 0.0219. The van der Waals surface area contributed by atoms with Crippen LogP contribution in [0.4, 0.5) is 0 Å². The molecule has 6 heteroatoms. The van der Waals surface area contributed by atoms with E-state index in [9.17, 15) is 9.59 Å². The Morgan fingerprint density at radius 1 is 1.10 bits per heavy atom. The minimum atomic E-state index is -0.396. The number of amides is 1. The van der Waals surface area contributed by atoms with Gasteiger partial charge in [-0.2, -0.15) is 4.98 Å². The number of rotatable bonds is 7. The molecule has 154 valence electrons. The van der Waals surface area contributed by atoms with Gasteiger partial charge in [-0.1, -0.05) is 49.4 Å². The molecule has 0 radical (unpaired) electrons. The quantitative estimate of drug-likeness (QED) is 0.480. The number of para-hydroxylation sites is 1. The van der Waals surface area contributed by atoms with Gasteiger partial charge >= 0.3 is 0 Å². The van der Waals surface area contributed by atoms with Crippen molar-refractivity contribution in [3.8, 4) is 0 Å². The van der Waals surface area contributed by atoms with Crippen molar-refractivity contribution in [2.24, 2.45) is 0 Å². The molecule has 6 nitrogen and oxygen atoms in total. The molecule has 0 saturated carbocycles. The van der Waals surface area contributed by atoms with Crippen LogP contribution in [0.5, 0.6) is 0 Å². The molecule has 1 amide bonds. The zero-order chi connectivity index (χ0) is 21.1. The van der Waals surface area contributed by atoms with E-state index in [1.807, 2.05) is 65.5 Å². The van der Waals surface area contributed by atoms with Gasteiger partial charge in [-0.25, -0.2) is 4.52 Å². The molecule has 1 atom stereocenters. The van der Waals surface area contributed by atoms with Crippen molar-refractivity contribution < 1.29 is 4.79 Å². The number of hydrogen-bond acceptors (Lipinski definition) is 3. The summed E-state index contributed by atoms with van der Waals surface area (Å²) in [6, 6.07) is 19.2. The van der Waals surface area contributed by atoms with Crippen molar-refractivity contribution in [1.29, 1.82) is 0 Å². The highest BCUT2D eigenvalue weighted by molar-refractivity contribution is 5.94. The van der Waals surface area contributed by atoms with E-state index < -0.39 is 6.04 Å². The van der Waals surface area contributed by atoms with Gasteiger partial charge in [-0.15, -0.1) is 0 Å². The summed E-state index contributed by atoms with van der Waals surface area (Å²) < 4.78 is 3.86. The summed E-state index contributed by atoms with van der Waals surface area (Å²) in [5, 5.41) is 3.97. The van der Waals surface area contributed by atoms with Gasteiger partial charge in [0.2, 0.25) is 5.91 Å². The van der Waals surface area contributed by atoms with Crippen LogP contribution in [-0.2, 0) is 11.2 Å². The van der Waals surface area contributed by atoms with E-state index in [1.165, 1.54) is 11.6 Å². The summed E-state index contributed by atoms with van der Waals surface area (Å²) >= 11 is 0. The van der Waals surface area contributed by atoms with Crippen LogP contribution in [0.3, 0.4) is 0 Å². The average molecular weight is 402 g/mol. The van der Waals surface area contributed by atoms with Crippen LogP contribution in [0.15, 0.2) is 65.5 Å². The van der Waals surface area contributed by atoms with Gasteiger partial charge in [0.1, 0.15) is 6.04 Å². The summed E-state index contributed by atoms with van der Waals surface area (Å²) in [4.78, 5) is 29.4. The van der Waals surface area contributed by atoms with Gasteiger partial charge in [0.25, 0.3) is 5.56 Å². The molecule has 4 rings (SSSR count). The zero-order valence-corrected chi connectivity index (χ0v) is 17.3. The minimum Gasteiger partial charge on any atom is -0.354 e. The third-order valence-electron chi connectivity index (χ3n) is 5.46. The Kier molecular flexibility index (Phi) is 5.65. The molecule has 0 bridgehead atoms. The number of carbonyl (C=O) groups is 1. The molecule has 0 saturated heterocycles. The Balaban J connectivity index is 1.62. The van der Waals surface area contributed by atoms with Crippen LogP contribution in [0, 0.1) is 6.92 Å². The maximum absolute atomic E-state index is 13.1. The molecule has 0 aliphatic heterocycles. The second-order valence-corrected chi connectivity index (χ2v) is 7.54. The first-order valence-corrected chi connectivity index (χ1v) is 10.4. The molecule has 0 aliphatic carbocycles. The number of hydrogen-bond donors (Lipinski definition) is 1. The predicted molar refractivity (Wildman–Crippen MR) is 119 cm³/mol. The Bertz CT molecular complexity index is 1240. The van der Waals surface area contributed by atoms with E-state index in [4.69, 9.17) is 0 Å². The Morgan fingerprint density at radius 3 is 2.60 bits per heavy atom. The first kappa shape index (κ1) is 19.9. The van der Waals surface area contributed by atoms with E-state index >= 15 is 0 Å². The van der Waals surface area contributed by atoms with Gasteiger partial charge in [0, 0.05) is 23.7 Å². The van der Waals surface area contributed by atoms with Crippen LogP contribution in [-0.4, -0.2) is 26.6 Å². The highest BCUT2D eigenvalue weighted by Gasteiger charge is 2.24. The topological polar surface area (TPSA) is 68.4 Å². The maximum atomic E-state index is 13.1. The van der Waals surface area contributed by atoms with E-state index in [0.717, 1.165) is 29.4 Å². The average Bonchev–Trinajstić information content (AvgIpc) is 3.07. The number of aromatic nitrogens is 3. The van der Waals surface area contributed by atoms with Crippen molar-refractivity contribution in [3.63, 3.8) is 0 Å². The second kappa shape index (κ2) is 8.53. The number of benzene rings is 2. The molecule has 2 aromatic heterocycles. The predicted octanol–water partition coefficient (Wildman–Crippen LogP) is 3.66. The largest absolute Gasteiger partial charge is 0.354 e. The molecular weight excluding hydrogens is 376 g/mol. The van der Waals surface area contributed by atoms with Gasteiger partial charge in [0.05, 0.1) is 5.52 Å². The van der Waals surface area contributed by atoms with E-state index in [0.29, 0.717) is 18.6 Å². The van der Waals surface area contributed by atoms with Crippen molar-refractivity contribution in [2.75, 3.05) is 6.54 Å². The van der Waals surface area contributed by atoms with Crippen LogP contribution >= 0.6 is 0 Å². The van der Waals surface area contributed by atoms with Gasteiger partial charge < -0.3 is 5.32 Å². The fourth-order valence-corrected chi connectivity index (χ4v) is 4.05. The molecule has 0 fully saturated rings. The summed E-state index contributed by atoms with van der Waals surface area (Å²) in [6.07, 6.45) is 2.44. The molecule has 0 aliphatic rings. The molecule has 4 aromatic rings. The van der Waals surface area contributed by atoms with Crippen LogP contribution in [0.25, 0.3) is 16.6 Å². The Morgan fingerprint density at radius 2 is 1.83 bits per heavy atom. The lowest BCUT2D eigenvalue weighted by molar-refractivity contribution is -0.124. The van der Waals surface area contributed by atoms with Crippen LogP contribution in [0.2, 0.25) is 0 Å². The highest BCUT2D eigenvalue weighted by atomic mass is 16.2. The molecule has 1 unspecified atom stereocenters. The Labute approximate surface area is 175 Å². The Hall–Kier alpha value is -3.41. The number of fused-ring (bicyclic) bond motifs is 3. The molecule has 0 spiro atoms. The number of nitrogens with one attached hydrogen (secondary N) is 1. The third kappa shape index (κ3) is 3.73. The third-order valence-corrected chi connectivity index (χ3v) is 5.46. The summed E-state index contributed by atoms with van der Waals surface area (Å²) in [5.41, 5.74) is 3.24. The summed E-state index contributed by atoms with van der Waals surface area (Å²) in [7, 11) is 0. The van der Waals surface area contributed by atoms with Crippen LogP contribution in [0.1, 0.15) is 37.1 Å². The number of nitrogens with zero attached hydrogens (tertiary/aromatic N) is 3. The van der Waals surface area contributed by atoms with E-state index in [-0.39, 0.29) is 11.5 Å². The van der Waals surface area contributed by atoms with Crippen LogP contribution < -0.4 is 10.9 Å². The fourth-order valence-electron chi connectivity index (χ4n) is 4.05. The lowest BCUT2D eigenvalue weighted by atomic mass is 10.1. The molecule has 30 heavy (non-hydrogen) atoms. The first-order valence-electron chi connectivity index (χ1n) is 10.4. The van der Waals surface area contributed by atoms with Gasteiger partial charge in [0.15, 0.2) is 5.65 Å². The van der Waals surface area contributed by atoms with Crippen molar-refractivity contribution >= 4 is 22.5 Å². The number of aryl methyl sites for hydroxylation is 2. The monoisotopic (exact) mass is 402 g/mol. The van der Waals surface area contributed by atoms with Crippen molar-refractivity contribution in [3.05, 3.63) is 82.3 Å².